The van der Waals surface area contributed by atoms with Gasteiger partial charge in [0.05, 0.1) is 10.5 Å². The number of halogens is 3. The molecule has 176 valence electrons. The van der Waals surface area contributed by atoms with E-state index in [-0.39, 0.29) is 48.8 Å². The fourth-order valence-corrected chi connectivity index (χ4v) is 5.68. The predicted molar refractivity (Wildman–Crippen MR) is 111 cm³/mol. The summed E-state index contributed by atoms with van der Waals surface area (Å²) in [7, 11) is -4.10. The zero-order valence-electron chi connectivity index (χ0n) is 17.2. The average Bonchev–Trinajstić information content (AvgIpc) is 3.59. The van der Waals surface area contributed by atoms with Gasteiger partial charge in [-0.15, -0.1) is 0 Å². The summed E-state index contributed by atoms with van der Waals surface area (Å²) < 4.78 is 65.1. The molecule has 1 saturated heterocycles. The third-order valence-corrected chi connectivity index (χ3v) is 7.95. The van der Waals surface area contributed by atoms with Crippen LogP contribution in [0.1, 0.15) is 23.5 Å². The lowest BCUT2D eigenvalue weighted by Gasteiger charge is -2.34. The van der Waals surface area contributed by atoms with Crippen LogP contribution in [0.25, 0.3) is 0 Å². The maximum Gasteiger partial charge on any atom is 0.416 e. The molecule has 2 aliphatic rings. The van der Waals surface area contributed by atoms with Crippen molar-refractivity contribution in [2.24, 2.45) is 5.92 Å². The molecule has 0 spiro atoms. The third kappa shape index (κ3) is 4.58. The number of nitro benzene ring substituents is 1. The van der Waals surface area contributed by atoms with E-state index in [0.717, 1.165) is 22.5 Å². The lowest BCUT2D eigenvalue weighted by molar-refractivity contribution is -0.387. The van der Waals surface area contributed by atoms with Crippen molar-refractivity contribution in [3.05, 3.63) is 69.8 Å². The lowest BCUT2D eigenvalue weighted by atomic mass is 10.1. The Morgan fingerprint density at radius 2 is 1.61 bits per heavy atom. The van der Waals surface area contributed by atoms with Crippen molar-refractivity contribution in [2.75, 3.05) is 26.2 Å². The molecule has 8 nitrogen and oxygen atoms in total. The fraction of sp³-hybridized carbons (Fsp3) is 0.381. The van der Waals surface area contributed by atoms with Gasteiger partial charge < -0.3 is 4.90 Å². The van der Waals surface area contributed by atoms with E-state index in [4.69, 9.17) is 0 Å². The Morgan fingerprint density at radius 3 is 2.18 bits per heavy atom. The maximum atomic E-state index is 12.9. The van der Waals surface area contributed by atoms with Crippen LogP contribution in [0.2, 0.25) is 0 Å². The van der Waals surface area contributed by atoms with E-state index in [2.05, 4.69) is 0 Å². The van der Waals surface area contributed by atoms with Gasteiger partial charge in [0.25, 0.3) is 5.69 Å². The SMILES string of the molecule is O=C(C1CC1c1ccc(C(F)(F)F)cc1)N1CCN(S(=O)(=O)c2ccccc2[N+](=O)[O-])CC1. The van der Waals surface area contributed by atoms with Gasteiger partial charge >= 0.3 is 6.18 Å². The van der Waals surface area contributed by atoms with E-state index in [9.17, 15) is 36.5 Å². The second-order valence-electron chi connectivity index (χ2n) is 8.02. The molecule has 1 aliphatic carbocycles. The second kappa shape index (κ2) is 8.41. The van der Waals surface area contributed by atoms with E-state index >= 15 is 0 Å². The number of carbonyl (C=O) groups is 1. The van der Waals surface area contributed by atoms with Crippen molar-refractivity contribution in [2.45, 2.75) is 23.4 Å². The zero-order valence-corrected chi connectivity index (χ0v) is 18.1. The minimum Gasteiger partial charge on any atom is -0.340 e. The van der Waals surface area contributed by atoms with Gasteiger partial charge in [0, 0.05) is 38.2 Å². The highest BCUT2D eigenvalue weighted by Crippen LogP contribution is 2.49. The van der Waals surface area contributed by atoms with Gasteiger partial charge in [0.1, 0.15) is 0 Å². The number of hydrogen-bond acceptors (Lipinski definition) is 5. The van der Waals surface area contributed by atoms with Gasteiger partial charge in [-0.1, -0.05) is 24.3 Å². The number of nitrogens with zero attached hydrogens (tertiary/aromatic N) is 3. The Kier molecular flexibility index (Phi) is 5.91. The van der Waals surface area contributed by atoms with E-state index in [0.29, 0.717) is 12.0 Å². The molecule has 2 atom stereocenters. The summed E-state index contributed by atoms with van der Waals surface area (Å²) in [5.41, 5.74) is -0.585. The van der Waals surface area contributed by atoms with Crippen molar-refractivity contribution >= 4 is 21.6 Å². The monoisotopic (exact) mass is 483 g/mol. The molecule has 0 aromatic heterocycles. The molecular weight excluding hydrogens is 463 g/mol. The van der Waals surface area contributed by atoms with Gasteiger partial charge in [0.15, 0.2) is 4.90 Å². The van der Waals surface area contributed by atoms with Crippen molar-refractivity contribution < 1.29 is 31.3 Å². The van der Waals surface area contributed by atoms with Gasteiger partial charge in [0.2, 0.25) is 15.9 Å². The van der Waals surface area contributed by atoms with Crippen LogP contribution >= 0.6 is 0 Å². The van der Waals surface area contributed by atoms with Crippen LogP contribution in [0.3, 0.4) is 0 Å². The van der Waals surface area contributed by atoms with Crippen LogP contribution < -0.4 is 0 Å². The highest BCUT2D eigenvalue weighted by atomic mass is 32.2. The Morgan fingerprint density at radius 1 is 1.00 bits per heavy atom. The summed E-state index contributed by atoms with van der Waals surface area (Å²) in [6, 6.07) is 9.88. The molecule has 0 bridgehead atoms. The Labute approximate surface area is 187 Å². The van der Waals surface area contributed by atoms with Crippen LogP contribution in [0, 0.1) is 16.0 Å². The molecule has 12 heteroatoms. The fourth-order valence-electron chi connectivity index (χ4n) is 4.10. The highest BCUT2D eigenvalue weighted by Gasteiger charge is 2.47. The summed E-state index contributed by atoms with van der Waals surface area (Å²) in [5, 5.41) is 11.2. The van der Waals surface area contributed by atoms with Crippen LogP contribution in [0.4, 0.5) is 18.9 Å². The topological polar surface area (TPSA) is 101 Å². The van der Waals surface area contributed by atoms with Crippen molar-refractivity contribution in [1.82, 2.24) is 9.21 Å². The number of rotatable bonds is 5. The number of para-hydroxylation sites is 1. The molecule has 33 heavy (non-hydrogen) atoms. The van der Waals surface area contributed by atoms with Gasteiger partial charge in [-0.2, -0.15) is 17.5 Å². The van der Waals surface area contributed by atoms with Gasteiger partial charge in [-0.25, -0.2) is 8.42 Å². The first-order chi connectivity index (χ1) is 15.5. The van der Waals surface area contributed by atoms with Crippen LogP contribution in [-0.4, -0.2) is 54.6 Å². The number of alkyl halides is 3. The standard InChI is InChI=1S/C21H20F3N3O5S/c22-21(23,24)15-7-5-14(6-8-15)16-13-17(16)20(28)25-9-11-26(12-10-25)33(31,32)19-4-2-1-3-18(19)27(29)30/h1-8,16-17H,9-13H2. The van der Waals surface area contributed by atoms with Gasteiger partial charge in [-0.05, 0) is 36.1 Å². The molecule has 2 fully saturated rings. The predicted octanol–water partition coefficient (Wildman–Crippen LogP) is 3.25. The third-order valence-electron chi connectivity index (χ3n) is 6.00. The van der Waals surface area contributed by atoms with Crippen LogP contribution in [0.5, 0.6) is 0 Å². The molecule has 0 N–H and O–H groups in total. The maximum absolute atomic E-state index is 12.9. The smallest absolute Gasteiger partial charge is 0.340 e. The first-order valence-corrected chi connectivity index (χ1v) is 11.6. The molecule has 1 aliphatic heterocycles. The normalized spacial score (nSPS) is 21.6. The second-order valence-corrected chi connectivity index (χ2v) is 9.93. The summed E-state index contributed by atoms with van der Waals surface area (Å²) in [6.45, 7) is 0.263. The number of benzene rings is 2. The summed E-state index contributed by atoms with van der Waals surface area (Å²) in [4.78, 5) is 24.4. The minimum absolute atomic E-state index is 0.00219. The quantitative estimate of drug-likeness (QED) is 0.480. The van der Waals surface area contributed by atoms with Crippen molar-refractivity contribution in [3.8, 4) is 0 Å². The number of sulfonamides is 1. The number of amides is 1. The zero-order chi connectivity index (χ0) is 24.0. The van der Waals surface area contributed by atoms with Gasteiger partial charge in [-0.3, -0.25) is 14.9 Å². The summed E-state index contributed by atoms with van der Waals surface area (Å²) in [5.74, 6) is -0.670. The first-order valence-electron chi connectivity index (χ1n) is 10.2. The molecular formula is C21H20F3N3O5S. The van der Waals surface area contributed by atoms with E-state index in [1.165, 1.54) is 30.3 Å². The molecule has 1 amide bonds. The number of piperazine rings is 1. The molecule has 0 radical (unpaired) electrons. The van der Waals surface area contributed by atoms with E-state index in [1.807, 2.05) is 0 Å². The minimum atomic E-state index is -4.42. The van der Waals surface area contributed by atoms with Crippen LogP contribution in [-0.2, 0) is 21.0 Å². The summed E-state index contributed by atoms with van der Waals surface area (Å²) in [6.07, 6.45) is -3.89. The first kappa shape index (κ1) is 23.2. The van der Waals surface area contributed by atoms with Crippen molar-refractivity contribution in [1.29, 1.82) is 0 Å². The summed E-state index contributed by atoms with van der Waals surface area (Å²) >= 11 is 0. The molecule has 2 aromatic rings. The average molecular weight is 483 g/mol. The lowest BCUT2D eigenvalue weighted by Crippen LogP contribution is -2.51. The molecule has 4 rings (SSSR count). The number of carbonyl (C=O) groups excluding carboxylic acids is 1. The Hall–Kier alpha value is -2.99. The molecule has 1 heterocycles. The number of hydrogen-bond donors (Lipinski definition) is 0. The van der Waals surface area contributed by atoms with E-state index < -0.39 is 32.4 Å². The largest absolute Gasteiger partial charge is 0.416 e. The van der Waals surface area contributed by atoms with E-state index in [1.54, 1.807) is 4.90 Å². The number of nitro groups is 1. The molecule has 2 unspecified atom stereocenters. The Bertz CT molecular complexity index is 1180. The highest BCUT2D eigenvalue weighted by molar-refractivity contribution is 7.89. The Balaban J connectivity index is 1.38. The molecule has 1 saturated carbocycles. The van der Waals surface area contributed by atoms with Crippen molar-refractivity contribution in [3.63, 3.8) is 0 Å². The molecule has 2 aromatic carbocycles. The van der Waals surface area contributed by atoms with Crippen LogP contribution in [0.15, 0.2) is 53.4 Å².